The summed E-state index contributed by atoms with van der Waals surface area (Å²) in [6.07, 6.45) is 0. The molecule has 3 nitrogen and oxygen atoms in total. The van der Waals surface area contributed by atoms with E-state index in [2.05, 4.69) is 191 Å². The molecule has 238 valence electrons. The van der Waals surface area contributed by atoms with Gasteiger partial charge in [0, 0.05) is 55.4 Å². The van der Waals surface area contributed by atoms with Gasteiger partial charge in [-0.25, -0.2) is 0 Å². The van der Waals surface area contributed by atoms with Crippen LogP contribution in [0.15, 0.2) is 186 Å². The first-order chi connectivity index (χ1) is 25.3. The molecule has 0 saturated heterocycles. The Labute approximate surface area is 293 Å². The highest BCUT2D eigenvalue weighted by atomic mass is 16.3. The monoisotopic (exact) mass is 650 g/mol. The van der Waals surface area contributed by atoms with Crippen LogP contribution >= 0.6 is 0 Å². The molecule has 2 aromatic heterocycles. The predicted molar refractivity (Wildman–Crippen MR) is 215 cm³/mol. The van der Waals surface area contributed by atoms with E-state index in [1.165, 1.54) is 43.2 Å². The molecule has 3 heteroatoms. The van der Waals surface area contributed by atoms with Gasteiger partial charge in [0.25, 0.3) is 0 Å². The first-order valence-electron chi connectivity index (χ1n) is 17.4. The van der Waals surface area contributed by atoms with Crippen molar-refractivity contribution in [3.63, 3.8) is 0 Å². The summed E-state index contributed by atoms with van der Waals surface area (Å²) >= 11 is 0. The highest BCUT2D eigenvalue weighted by Gasteiger charge is 2.23. The molecular formula is C48H30N2O. The Morgan fingerprint density at radius 1 is 0.412 bits per heavy atom. The molecule has 11 rings (SSSR count). The summed E-state index contributed by atoms with van der Waals surface area (Å²) in [4.78, 5) is 2.38. The van der Waals surface area contributed by atoms with Crippen molar-refractivity contribution in [3.05, 3.63) is 182 Å². The average Bonchev–Trinajstić information content (AvgIpc) is 3.75. The third kappa shape index (κ3) is 4.19. The number of nitrogens with zero attached hydrogens (tertiary/aromatic N) is 2. The normalized spacial score (nSPS) is 11.9. The predicted octanol–water partition coefficient (Wildman–Crippen LogP) is 13.6. The van der Waals surface area contributed by atoms with Crippen molar-refractivity contribution < 1.29 is 4.42 Å². The van der Waals surface area contributed by atoms with E-state index < -0.39 is 0 Å². The third-order valence-electron chi connectivity index (χ3n) is 10.5. The number of anilines is 3. The number of hydrogen-bond donors (Lipinski definition) is 0. The van der Waals surface area contributed by atoms with Crippen LogP contribution in [-0.4, -0.2) is 4.57 Å². The Balaban J connectivity index is 1.22. The second kappa shape index (κ2) is 10.8. The largest absolute Gasteiger partial charge is 0.455 e. The van der Waals surface area contributed by atoms with E-state index in [0.29, 0.717) is 0 Å². The van der Waals surface area contributed by atoms with Crippen LogP contribution < -0.4 is 4.90 Å². The lowest BCUT2D eigenvalue weighted by molar-refractivity contribution is 0.673. The number of furan rings is 1. The van der Waals surface area contributed by atoms with Gasteiger partial charge in [0.05, 0.1) is 16.7 Å². The number of para-hydroxylation sites is 1. The van der Waals surface area contributed by atoms with E-state index in [1.54, 1.807) is 0 Å². The maximum absolute atomic E-state index is 6.70. The van der Waals surface area contributed by atoms with Crippen LogP contribution in [0.4, 0.5) is 17.1 Å². The van der Waals surface area contributed by atoms with E-state index in [-0.39, 0.29) is 0 Å². The van der Waals surface area contributed by atoms with Gasteiger partial charge >= 0.3 is 0 Å². The lowest BCUT2D eigenvalue weighted by atomic mass is 10.0. The summed E-state index contributed by atoms with van der Waals surface area (Å²) in [6.45, 7) is 0. The lowest BCUT2D eigenvalue weighted by Crippen LogP contribution is -2.10. The Hall–Kier alpha value is -6.84. The molecule has 0 spiro atoms. The number of fused-ring (bicyclic) bond motifs is 11. The maximum Gasteiger partial charge on any atom is 0.143 e. The fourth-order valence-electron chi connectivity index (χ4n) is 8.22. The zero-order valence-corrected chi connectivity index (χ0v) is 27.6. The summed E-state index contributed by atoms with van der Waals surface area (Å²) in [5.74, 6) is 0. The number of hydrogen-bond acceptors (Lipinski definition) is 2. The average molecular weight is 651 g/mol. The van der Waals surface area contributed by atoms with Gasteiger partial charge in [-0.1, -0.05) is 121 Å². The number of rotatable bonds is 4. The van der Waals surface area contributed by atoms with Gasteiger partial charge in [-0.2, -0.15) is 0 Å². The van der Waals surface area contributed by atoms with Crippen LogP contribution in [0, 0.1) is 0 Å². The van der Waals surface area contributed by atoms with Crippen molar-refractivity contribution in [3.8, 4) is 5.69 Å². The van der Waals surface area contributed by atoms with Gasteiger partial charge in [0.1, 0.15) is 11.2 Å². The summed E-state index contributed by atoms with van der Waals surface area (Å²) in [5.41, 5.74) is 8.54. The minimum Gasteiger partial charge on any atom is -0.455 e. The van der Waals surface area contributed by atoms with Gasteiger partial charge < -0.3 is 13.9 Å². The molecule has 0 aliphatic carbocycles. The minimum absolute atomic E-state index is 0.872. The number of aromatic nitrogens is 1. The van der Waals surface area contributed by atoms with Crippen molar-refractivity contribution >= 4 is 93.1 Å². The molecule has 0 saturated carbocycles. The Morgan fingerprint density at radius 2 is 1.08 bits per heavy atom. The Kier molecular flexibility index (Phi) is 5.96. The molecule has 9 aromatic carbocycles. The second-order valence-electron chi connectivity index (χ2n) is 13.3. The van der Waals surface area contributed by atoms with Crippen molar-refractivity contribution in [1.29, 1.82) is 0 Å². The zero-order chi connectivity index (χ0) is 33.5. The van der Waals surface area contributed by atoms with Crippen LogP contribution in [0.2, 0.25) is 0 Å². The summed E-state index contributed by atoms with van der Waals surface area (Å²) in [6, 6.07) is 65.5. The third-order valence-corrected chi connectivity index (χ3v) is 10.5. The smallest absolute Gasteiger partial charge is 0.143 e. The van der Waals surface area contributed by atoms with Crippen molar-refractivity contribution in [2.75, 3.05) is 4.90 Å². The van der Waals surface area contributed by atoms with E-state index in [4.69, 9.17) is 4.42 Å². The van der Waals surface area contributed by atoms with E-state index in [9.17, 15) is 0 Å². The second-order valence-corrected chi connectivity index (χ2v) is 13.3. The van der Waals surface area contributed by atoms with Gasteiger partial charge in [-0.15, -0.1) is 0 Å². The quantitative estimate of drug-likeness (QED) is 0.189. The number of benzene rings is 9. The topological polar surface area (TPSA) is 21.3 Å². The molecule has 0 bridgehead atoms. The molecule has 0 fully saturated rings. The van der Waals surface area contributed by atoms with E-state index in [1.807, 2.05) is 0 Å². The minimum atomic E-state index is 0.872. The fourth-order valence-corrected chi connectivity index (χ4v) is 8.22. The van der Waals surface area contributed by atoms with Crippen molar-refractivity contribution in [2.45, 2.75) is 0 Å². The Bertz CT molecular complexity index is 3150. The molecule has 0 aliphatic heterocycles. The van der Waals surface area contributed by atoms with Crippen LogP contribution in [0.5, 0.6) is 0 Å². The van der Waals surface area contributed by atoms with Gasteiger partial charge in [-0.05, 0) is 76.1 Å². The van der Waals surface area contributed by atoms with Crippen LogP contribution in [0.3, 0.4) is 0 Å². The molecule has 0 unspecified atom stereocenters. The van der Waals surface area contributed by atoms with Crippen molar-refractivity contribution in [2.24, 2.45) is 0 Å². The van der Waals surface area contributed by atoms with Crippen LogP contribution in [0.1, 0.15) is 0 Å². The maximum atomic E-state index is 6.70. The highest BCUT2D eigenvalue weighted by molar-refractivity contribution is 6.23. The first-order valence-corrected chi connectivity index (χ1v) is 17.4. The fraction of sp³-hybridized carbons (Fsp3) is 0. The zero-order valence-electron chi connectivity index (χ0n) is 27.6. The van der Waals surface area contributed by atoms with Crippen LogP contribution in [-0.2, 0) is 0 Å². The first kappa shape index (κ1) is 28.0. The molecule has 11 aromatic rings. The van der Waals surface area contributed by atoms with Gasteiger partial charge in [-0.3, -0.25) is 0 Å². The van der Waals surface area contributed by atoms with Crippen molar-refractivity contribution in [1.82, 2.24) is 4.57 Å². The molecule has 0 N–H and O–H groups in total. The molecule has 2 heterocycles. The van der Waals surface area contributed by atoms with E-state index >= 15 is 0 Å². The highest BCUT2D eigenvalue weighted by Crippen LogP contribution is 2.46. The standard InChI is InChI=1S/C48H30N2O/c1-2-15-35(16-3-1)49(37-25-28-40-41-26-22-33-13-7-9-18-39(33)48(41)51-45(40)30-37)43-19-10-20-44-46(43)42-27-23-32-12-6-8-17-38(32)47(42)50(44)36-24-21-31-11-4-5-14-34(31)29-36/h1-30H. The van der Waals surface area contributed by atoms with Gasteiger partial charge in [0.15, 0.2) is 0 Å². The lowest BCUT2D eigenvalue weighted by Gasteiger charge is -2.26. The molecular weight excluding hydrogens is 621 g/mol. The molecule has 0 radical (unpaired) electrons. The van der Waals surface area contributed by atoms with E-state index in [0.717, 1.165) is 55.6 Å². The summed E-state index contributed by atoms with van der Waals surface area (Å²) in [7, 11) is 0. The van der Waals surface area contributed by atoms with Crippen LogP contribution in [0.25, 0.3) is 81.7 Å². The molecule has 0 atom stereocenters. The SMILES string of the molecule is c1ccc(N(c2ccc3c(c2)oc2c4ccccc4ccc32)c2cccc3c2c2ccc4ccccc4c2n3-c2ccc3ccccc3c2)cc1. The summed E-state index contributed by atoms with van der Waals surface area (Å²) < 4.78 is 9.16. The molecule has 0 amide bonds. The summed E-state index contributed by atoms with van der Waals surface area (Å²) in [5, 5.41) is 11.9. The van der Waals surface area contributed by atoms with Gasteiger partial charge in [0.2, 0.25) is 0 Å². The molecule has 51 heavy (non-hydrogen) atoms. The molecule has 0 aliphatic rings. The Morgan fingerprint density at radius 3 is 1.92 bits per heavy atom.